The lowest BCUT2D eigenvalue weighted by Crippen LogP contribution is -2.54. The summed E-state index contributed by atoms with van der Waals surface area (Å²) in [6.45, 7) is 8.10. The van der Waals surface area contributed by atoms with Crippen LogP contribution in [0.15, 0.2) is 24.4 Å². The summed E-state index contributed by atoms with van der Waals surface area (Å²) in [6, 6.07) is 6.85. The fourth-order valence-electron chi connectivity index (χ4n) is 4.79. The second-order valence-corrected chi connectivity index (χ2v) is 9.34. The molecule has 2 aromatic heterocycles. The largest absolute Gasteiger partial charge is 0.505 e. The Kier molecular flexibility index (Phi) is 4.94. The molecular weight excluding hydrogens is 426 g/mol. The van der Waals surface area contributed by atoms with Crippen molar-refractivity contribution in [3.05, 3.63) is 35.0 Å². The Bertz CT molecular complexity index is 1330. The Morgan fingerprint density at radius 1 is 1.12 bits per heavy atom. The minimum Gasteiger partial charge on any atom is -0.505 e. The van der Waals surface area contributed by atoms with E-state index in [0.717, 1.165) is 46.1 Å². The van der Waals surface area contributed by atoms with Gasteiger partial charge >= 0.3 is 0 Å². The summed E-state index contributed by atoms with van der Waals surface area (Å²) in [5.41, 5.74) is 4.11. The summed E-state index contributed by atoms with van der Waals surface area (Å²) in [5, 5.41) is 29.2. The molecule has 9 heteroatoms. The van der Waals surface area contributed by atoms with Crippen LogP contribution in [0.3, 0.4) is 0 Å². The van der Waals surface area contributed by atoms with E-state index in [1.165, 1.54) is 0 Å². The van der Waals surface area contributed by atoms with Gasteiger partial charge in [0, 0.05) is 62.1 Å². The van der Waals surface area contributed by atoms with Gasteiger partial charge in [-0.25, -0.2) is 0 Å². The van der Waals surface area contributed by atoms with E-state index in [4.69, 9.17) is 11.6 Å². The van der Waals surface area contributed by atoms with Crippen molar-refractivity contribution in [1.29, 1.82) is 0 Å². The molecule has 5 rings (SSSR count). The Hall–Kier alpha value is -2.97. The van der Waals surface area contributed by atoms with Crippen LogP contribution < -0.4 is 15.5 Å². The number of aromatic hydroxyl groups is 1. The molecule has 2 aromatic carbocycles. The second kappa shape index (κ2) is 7.56. The highest BCUT2D eigenvalue weighted by molar-refractivity contribution is 6.37. The second-order valence-electron chi connectivity index (χ2n) is 8.93. The molecule has 32 heavy (non-hydrogen) atoms. The van der Waals surface area contributed by atoms with Crippen molar-refractivity contribution in [2.45, 2.75) is 32.9 Å². The molecule has 0 amide bonds. The number of aryl methyl sites for hydroxylation is 3. The molecule has 1 aliphatic heterocycles. The molecule has 1 saturated heterocycles. The van der Waals surface area contributed by atoms with Gasteiger partial charge in [-0.2, -0.15) is 10.2 Å². The van der Waals surface area contributed by atoms with Crippen LogP contribution in [0.1, 0.15) is 19.4 Å². The van der Waals surface area contributed by atoms with Crippen molar-refractivity contribution in [1.82, 2.24) is 24.9 Å². The number of halogens is 1. The maximum Gasteiger partial charge on any atom is 0.161 e. The van der Waals surface area contributed by atoms with Crippen molar-refractivity contribution in [2.75, 3.05) is 23.3 Å². The van der Waals surface area contributed by atoms with Crippen LogP contribution >= 0.6 is 11.6 Å². The van der Waals surface area contributed by atoms with E-state index in [9.17, 15) is 5.11 Å². The molecular formula is C23H28ClN7O. The van der Waals surface area contributed by atoms with Crippen LogP contribution in [0.25, 0.3) is 21.8 Å². The van der Waals surface area contributed by atoms with Gasteiger partial charge in [0.25, 0.3) is 0 Å². The van der Waals surface area contributed by atoms with Gasteiger partial charge < -0.3 is 20.6 Å². The standard InChI is InChI=1S/C23H28ClN7O/c1-12-9-31(10-13(2)25-12)16-7-17(24)20-19(8-16)30(5)28-23(20)26-18-6-15-11-29(4)27-21(15)14(3)22(18)32/h6-8,11-13,25,32H,9-10H2,1-5H3,(H,26,28)/t12-,13-/m0/s1. The number of phenols is 1. The molecule has 4 aromatic rings. The molecule has 0 spiro atoms. The molecule has 3 N–H and O–H groups in total. The average Bonchev–Trinajstić information content (AvgIpc) is 3.25. The van der Waals surface area contributed by atoms with Crippen LogP contribution in [0.2, 0.25) is 5.02 Å². The number of hydrogen-bond donors (Lipinski definition) is 3. The van der Waals surface area contributed by atoms with E-state index in [0.29, 0.717) is 28.6 Å². The number of nitrogens with one attached hydrogen (secondary N) is 2. The fraction of sp³-hybridized carbons (Fsp3) is 0.391. The molecule has 0 unspecified atom stereocenters. The minimum absolute atomic E-state index is 0.159. The molecule has 1 fully saturated rings. The van der Waals surface area contributed by atoms with E-state index in [1.807, 2.05) is 44.0 Å². The summed E-state index contributed by atoms with van der Waals surface area (Å²) < 4.78 is 3.57. The van der Waals surface area contributed by atoms with E-state index >= 15 is 0 Å². The molecule has 0 radical (unpaired) electrons. The fourth-order valence-corrected chi connectivity index (χ4v) is 5.09. The highest BCUT2D eigenvalue weighted by Crippen LogP contribution is 2.39. The lowest BCUT2D eigenvalue weighted by molar-refractivity contribution is 0.407. The predicted molar refractivity (Wildman–Crippen MR) is 130 cm³/mol. The van der Waals surface area contributed by atoms with Gasteiger partial charge in [-0.3, -0.25) is 9.36 Å². The van der Waals surface area contributed by atoms with Crippen LogP contribution in [0.4, 0.5) is 17.2 Å². The number of nitrogens with zero attached hydrogens (tertiary/aromatic N) is 5. The van der Waals surface area contributed by atoms with Crippen LogP contribution in [-0.4, -0.2) is 49.8 Å². The average molecular weight is 454 g/mol. The number of phenolic OH excluding ortho intramolecular Hbond substituents is 1. The first-order chi connectivity index (χ1) is 15.2. The van der Waals surface area contributed by atoms with E-state index < -0.39 is 0 Å². The Balaban J connectivity index is 1.56. The monoisotopic (exact) mass is 453 g/mol. The van der Waals surface area contributed by atoms with Crippen LogP contribution in [0.5, 0.6) is 5.75 Å². The third kappa shape index (κ3) is 3.43. The number of aromatic nitrogens is 4. The summed E-state index contributed by atoms with van der Waals surface area (Å²) >= 11 is 6.80. The lowest BCUT2D eigenvalue weighted by Gasteiger charge is -2.37. The van der Waals surface area contributed by atoms with Gasteiger partial charge in [0.1, 0.15) is 5.75 Å². The van der Waals surface area contributed by atoms with Crippen molar-refractivity contribution in [3.63, 3.8) is 0 Å². The maximum atomic E-state index is 10.8. The number of hydrogen-bond acceptors (Lipinski definition) is 6. The zero-order valence-corrected chi connectivity index (χ0v) is 19.7. The molecule has 8 nitrogen and oxygen atoms in total. The topological polar surface area (TPSA) is 83.2 Å². The van der Waals surface area contributed by atoms with Gasteiger partial charge in [-0.15, -0.1) is 0 Å². The third-order valence-corrected chi connectivity index (χ3v) is 6.49. The van der Waals surface area contributed by atoms with Crippen molar-refractivity contribution >= 4 is 50.6 Å². The van der Waals surface area contributed by atoms with E-state index in [-0.39, 0.29) is 5.75 Å². The molecule has 168 valence electrons. The van der Waals surface area contributed by atoms with Gasteiger partial charge in [-0.1, -0.05) is 11.6 Å². The van der Waals surface area contributed by atoms with Crippen LogP contribution in [0, 0.1) is 6.92 Å². The Labute approximate surface area is 191 Å². The summed E-state index contributed by atoms with van der Waals surface area (Å²) in [4.78, 5) is 2.36. The van der Waals surface area contributed by atoms with Gasteiger partial charge in [0.05, 0.1) is 27.1 Å². The van der Waals surface area contributed by atoms with Crippen molar-refractivity contribution in [2.24, 2.45) is 14.1 Å². The van der Waals surface area contributed by atoms with Gasteiger partial charge in [-0.05, 0) is 39.0 Å². The maximum absolute atomic E-state index is 10.8. The van der Waals surface area contributed by atoms with Gasteiger partial charge in [0.2, 0.25) is 0 Å². The highest BCUT2D eigenvalue weighted by atomic mass is 35.5. The Morgan fingerprint density at radius 3 is 2.56 bits per heavy atom. The number of anilines is 3. The quantitative estimate of drug-likeness (QED) is 0.406. The smallest absolute Gasteiger partial charge is 0.161 e. The third-order valence-electron chi connectivity index (χ3n) is 6.19. The van der Waals surface area contributed by atoms with E-state index in [1.54, 1.807) is 4.68 Å². The van der Waals surface area contributed by atoms with E-state index in [2.05, 4.69) is 45.6 Å². The number of piperazine rings is 1. The molecule has 3 heterocycles. The first-order valence-corrected chi connectivity index (χ1v) is 11.2. The first-order valence-electron chi connectivity index (χ1n) is 10.8. The summed E-state index contributed by atoms with van der Waals surface area (Å²) in [5.74, 6) is 0.769. The minimum atomic E-state index is 0.159. The lowest BCUT2D eigenvalue weighted by atomic mass is 10.1. The molecule has 0 aliphatic carbocycles. The number of benzene rings is 2. The van der Waals surface area contributed by atoms with Crippen molar-refractivity contribution in [3.8, 4) is 5.75 Å². The predicted octanol–water partition coefficient (Wildman–Crippen LogP) is 4.06. The summed E-state index contributed by atoms with van der Waals surface area (Å²) in [7, 11) is 3.78. The first kappa shape index (κ1) is 20.9. The zero-order chi connectivity index (χ0) is 22.7. The normalized spacial score (nSPS) is 19.2. The number of fused-ring (bicyclic) bond motifs is 2. The molecule has 0 saturated carbocycles. The summed E-state index contributed by atoms with van der Waals surface area (Å²) in [6.07, 6.45) is 1.93. The number of rotatable bonds is 3. The van der Waals surface area contributed by atoms with Crippen LogP contribution in [-0.2, 0) is 14.1 Å². The van der Waals surface area contributed by atoms with Crippen molar-refractivity contribution < 1.29 is 5.11 Å². The SMILES string of the molecule is Cc1c(O)c(Nc2nn(C)c3cc(N4C[C@H](C)N[C@@H](C)C4)cc(Cl)c23)cc2cn(C)nc12. The highest BCUT2D eigenvalue weighted by Gasteiger charge is 2.24. The van der Waals surface area contributed by atoms with Gasteiger partial charge in [0.15, 0.2) is 5.82 Å². The Morgan fingerprint density at radius 2 is 1.84 bits per heavy atom. The molecule has 0 bridgehead atoms. The molecule has 2 atom stereocenters. The zero-order valence-electron chi connectivity index (χ0n) is 18.9. The molecule has 1 aliphatic rings.